The molecule has 182 valence electrons. The van der Waals surface area contributed by atoms with Gasteiger partial charge in [0.2, 0.25) is 0 Å². The van der Waals surface area contributed by atoms with Crippen LogP contribution in [0.2, 0.25) is 0 Å². The lowest BCUT2D eigenvalue weighted by Gasteiger charge is -2.15. The van der Waals surface area contributed by atoms with Crippen molar-refractivity contribution in [3.63, 3.8) is 0 Å². The maximum absolute atomic E-state index is 12.6. The van der Waals surface area contributed by atoms with E-state index in [1.165, 1.54) is 0 Å². The standard InChI is InChI=1S/C26H27N3O5S/c1-14(2)12-21(24(31)32)28-23(30)22-15(3)27-25(35-22)29-26(33)34-13-20-18-10-6-4-8-16(18)17-9-5-7-11-19(17)20/h4-11,14,20-21H,12-13H2,1-3H3,(H,28,30)(H,31,32)(H,27,29,33)/t21-/m0/s1. The number of benzene rings is 2. The topological polar surface area (TPSA) is 118 Å². The van der Waals surface area contributed by atoms with Crippen LogP contribution in [0.1, 0.15) is 52.7 Å². The Balaban J connectivity index is 1.40. The molecule has 1 atom stereocenters. The minimum atomic E-state index is -1.09. The second-order valence-electron chi connectivity index (χ2n) is 8.88. The van der Waals surface area contributed by atoms with E-state index in [1.807, 2.05) is 50.2 Å². The van der Waals surface area contributed by atoms with Gasteiger partial charge in [-0.05, 0) is 41.5 Å². The minimum Gasteiger partial charge on any atom is -0.480 e. The molecule has 0 bridgehead atoms. The van der Waals surface area contributed by atoms with Gasteiger partial charge in [0, 0.05) is 5.92 Å². The number of thiazole rings is 1. The molecule has 0 aliphatic heterocycles. The van der Waals surface area contributed by atoms with Gasteiger partial charge in [0.1, 0.15) is 17.5 Å². The SMILES string of the molecule is Cc1nc(NC(=O)OCC2c3ccccc3-c3ccccc32)sc1C(=O)N[C@@H](CC(C)C)C(=O)O. The molecule has 3 N–H and O–H groups in total. The van der Waals surface area contributed by atoms with Crippen molar-refractivity contribution in [1.29, 1.82) is 0 Å². The molecular formula is C26H27N3O5S. The van der Waals surface area contributed by atoms with E-state index in [4.69, 9.17) is 4.74 Å². The third kappa shape index (κ3) is 5.35. The van der Waals surface area contributed by atoms with E-state index in [1.54, 1.807) is 6.92 Å². The predicted molar refractivity (Wildman–Crippen MR) is 134 cm³/mol. The Kier molecular flexibility index (Phi) is 7.16. The fraction of sp³-hybridized carbons (Fsp3) is 0.308. The molecule has 4 rings (SSSR count). The van der Waals surface area contributed by atoms with Crippen LogP contribution in [0.5, 0.6) is 0 Å². The van der Waals surface area contributed by atoms with Crippen LogP contribution in [0.4, 0.5) is 9.93 Å². The van der Waals surface area contributed by atoms with Gasteiger partial charge >= 0.3 is 12.1 Å². The number of aromatic nitrogens is 1. The van der Waals surface area contributed by atoms with E-state index in [0.717, 1.165) is 33.6 Å². The summed E-state index contributed by atoms with van der Waals surface area (Å²) in [4.78, 5) is 41.1. The number of hydrogen-bond acceptors (Lipinski definition) is 6. The Morgan fingerprint density at radius 2 is 1.66 bits per heavy atom. The lowest BCUT2D eigenvalue weighted by Crippen LogP contribution is -2.41. The summed E-state index contributed by atoms with van der Waals surface area (Å²) < 4.78 is 5.53. The predicted octanol–water partition coefficient (Wildman–Crippen LogP) is 5.04. The first-order chi connectivity index (χ1) is 16.7. The zero-order valence-electron chi connectivity index (χ0n) is 19.7. The molecule has 1 heterocycles. The van der Waals surface area contributed by atoms with Crippen LogP contribution in [0, 0.1) is 12.8 Å². The van der Waals surface area contributed by atoms with Crippen LogP contribution in [-0.4, -0.2) is 40.7 Å². The molecule has 0 fully saturated rings. The summed E-state index contributed by atoms with van der Waals surface area (Å²) in [5.74, 6) is -1.59. The number of aliphatic carboxylic acids is 1. The van der Waals surface area contributed by atoms with Crippen LogP contribution in [0.25, 0.3) is 11.1 Å². The average molecular weight is 494 g/mol. The number of hydrogen-bond donors (Lipinski definition) is 3. The smallest absolute Gasteiger partial charge is 0.413 e. The molecule has 0 unspecified atom stereocenters. The van der Waals surface area contributed by atoms with E-state index < -0.39 is 24.0 Å². The highest BCUT2D eigenvalue weighted by atomic mass is 32.1. The number of carbonyl (C=O) groups excluding carboxylic acids is 2. The van der Waals surface area contributed by atoms with Gasteiger partial charge in [-0.15, -0.1) is 0 Å². The highest BCUT2D eigenvalue weighted by Gasteiger charge is 2.29. The molecule has 1 aliphatic rings. The Morgan fingerprint density at radius 3 is 2.23 bits per heavy atom. The Hall–Kier alpha value is -3.72. The van der Waals surface area contributed by atoms with Crippen molar-refractivity contribution in [3.05, 3.63) is 70.2 Å². The zero-order chi connectivity index (χ0) is 25.1. The quantitative estimate of drug-likeness (QED) is 0.405. The molecule has 0 radical (unpaired) electrons. The maximum atomic E-state index is 12.6. The number of amides is 2. The number of rotatable bonds is 8. The van der Waals surface area contributed by atoms with Crippen molar-refractivity contribution in [1.82, 2.24) is 10.3 Å². The van der Waals surface area contributed by atoms with Crippen molar-refractivity contribution < 1.29 is 24.2 Å². The largest absolute Gasteiger partial charge is 0.480 e. The number of nitrogens with zero attached hydrogens (tertiary/aromatic N) is 1. The van der Waals surface area contributed by atoms with E-state index in [2.05, 4.69) is 27.8 Å². The van der Waals surface area contributed by atoms with Crippen molar-refractivity contribution in [2.75, 3.05) is 11.9 Å². The van der Waals surface area contributed by atoms with E-state index in [-0.39, 0.29) is 28.5 Å². The first kappa shape index (κ1) is 24.4. The van der Waals surface area contributed by atoms with Crippen LogP contribution >= 0.6 is 11.3 Å². The molecule has 1 aromatic heterocycles. The molecule has 9 heteroatoms. The zero-order valence-corrected chi connectivity index (χ0v) is 20.5. The van der Waals surface area contributed by atoms with Gasteiger partial charge in [-0.1, -0.05) is 73.7 Å². The Bertz CT molecular complexity index is 1220. The highest BCUT2D eigenvalue weighted by Crippen LogP contribution is 2.44. The maximum Gasteiger partial charge on any atom is 0.413 e. The number of carboxylic acids is 1. The number of carboxylic acid groups (broad SMARTS) is 1. The van der Waals surface area contributed by atoms with Crippen LogP contribution in [-0.2, 0) is 9.53 Å². The fourth-order valence-corrected chi connectivity index (χ4v) is 5.15. The first-order valence-electron chi connectivity index (χ1n) is 11.4. The molecular weight excluding hydrogens is 466 g/mol. The molecule has 2 amide bonds. The van der Waals surface area contributed by atoms with Gasteiger partial charge in [0.25, 0.3) is 5.91 Å². The van der Waals surface area contributed by atoms with E-state index >= 15 is 0 Å². The van der Waals surface area contributed by atoms with Gasteiger partial charge in [-0.25, -0.2) is 14.6 Å². The summed E-state index contributed by atoms with van der Waals surface area (Å²) in [6.07, 6.45) is -0.361. The van der Waals surface area contributed by atoms with E-state index in [9.17, 15) is 19.5 Å². The third-order valence-corrected chi connectivity index (χ3v) is 6.94. The molecule has 1 aliphatic carbocycles. The van der Waals surface area contributed by atoms with Crippen LogP contribution in [0.15, 0.2) is 48.5 Å². The van der Waals surface area contributed by atoms with Crippen molar-refractivity contribution in [3.8, 4) is 11.1 Å². The van der Waals surface area contributed by atoms with E-state index in [0.29, 0.717) is 12.1 Å². The lowest BCUT2D eigenvalue weighted by molar-refractivity contribution is -0.139. The van der Waals surface area contributed by atoms with Crippen molar-refractivity contribution in [2.45, 2.75) is 39.2 Å². The first-order valence-corrected chi connectivity index (χ1v) is 12.2. The Labute approximate surface area is 207 Å². The second-order valence-corrected chi connectivity index (χ2v) is 9.88. The number of ether oxygens (including phenoxy) is 1. The van der Waals surface area contributed by atoms with Gasteiger partial charge in [0.15, 0.2) is 5.13 Å². The number of carbonyl (C=O) groups is 3. The molecule has 2 aromatic carbocycles. The number of fused-ring (bicyclic) bond motifs is 3. The van der Waals surface area contributed by atoms with Crippen LogP contribution < -0.4 is 10.6 Å². The fourth-order valence-electron chi connectivity index (χ4n) is 4.30. The molecule has 0 saturated heterocycles. The molecule has 8 nitrogen and oxygen atoms in total. The summed E-state index contributed by atoms with van der Waals surface area (Å²) in [6.45, 7) is 5.56. The molecule has 3 aromatic rings. The number of nitrogens with one attached hydrogen (secondary N) is 2. The second kappa shape index (κ2) is 10.3. The summed E-state index contributed by atoms with van der Waals surface area (Å²) in [6, 6.07) is 15.1. The molecule has 35 heavy (non-hydrogen) atoms. The molecule has 0 saturated carbocycles. The van der Waals surface area contributed by atoms with Crippen molar-refractivity contribution in [2.24, 2.45) is 5.92 Å². The van der Waals surface area contributed by atoms with Crippen molar-refractivity contribution >= 4 is 34.4 Å². The van der Waals surface area contributed by atoms with Gasteiger partial charge in [-0.3, -0.25) is 10.1 Å². The Morgan fingerprint density at radius 1 is 1.06 bits per heavy atom. The van der Waals surface area contributed by atoms with Crippen LogP contribution in [0.3, 0.4) is 0 Å². The summed E-state index contributed by atoms with van der Waals surface area (Å²) in [5, 5.41) is 14.7. The van der Waals surface area contributed by atoms with Gasteiger partial charge in [0.05, 0.1) is 5.69 Å². The summed E-state index contributed by atoms with van der Waals surface area (Å²) >= 11 is 0.976. The third-order valence-electron chi connectivity index (χ3n) is 5.87. The minimum absolute atomic E-state index is 0.0681. The number of aryl methyl sites for hydroxylation is 1. The highest BCUT2D eigenvalue weighted by molar-refractivity contribution is 7.17. The average Bonchev–Trinajstić information content (AvgIpc) is 3.34. The summed E-state index contributed by atoms with van der Waals surface area (Å²) in [5.41, 5.74) is 4.90. The lowest BCUT2D eigenvalue weighted by atomic mass is 9.98. The monoisotopic (exact) mass is 493 g/mol. The number of anilines is 1. The summed E-state index contributed by atoms with van der Waals surface area (Å²) in [7, 11) is 0. The van der Waals surface area contributed by atoms with Gasteiger partial charge in [-0.2, -0.15) is 0 Å². The van der Waals surface area contributed by atoms with Gasteiger partial charge < -0.3 is 15.2 Å². The normalized spacial score (nSPS) is 13.1. The molecule has 0 spiro atoms.